The van der Waals surface area contributed by atoms with Crippen molar-refractivity contribution in [3.63, 3.8) is 0 Å². The fourth-order valence-corrected chi connectivity index (χ4v) is 2.30. The number of hydrogen-bond acceptors (Lipinski definition) is 1. The van der Waals surface area contributed by atoms with Gasteiger partial charge in [0, 0.05) is 9.61 Å². The molecule has 0 amide bonds. The summed E-state index contributed by atoms with van der Waals surface area (Å²) < 4.78 is 1.31. The van der Waals surface area contributed by atoms with Crippen molar-refractivity contribution in [3.8, 4) is 0 Å². The summed E-state index contributed by atoms with van der Waals surface area (Å²) in [5.74, 6) is 0.590. The molecule has 0 bridgehead atoms. The summed E-state index contributed by atoms with van der Waals surface area (Å²) in [7, 11) is 0. The van der Waals surface area contributed by atoms with Gasteiger partial charge in [0.1, 0.15) is 0 Å². The minimum Gasteiger partial charge on any atom is -0.314 e. The molecule has 0 fully saturated rings. The van der Waals surface area contributed by atoms with Crippen LogP contribution in [0.25, 0.3) is 0 Å². The van der Waals surface area contributed by atoms with Gasteiger partial charge in [-0.05, 0) is 59.2 Å². The van der Waals surface area contributed by atoms with Crippen LogP contribution >= 0.6 is 22.6 Å². The minimum atomic E-state index is 0.590. The Kier molecular flexibility index (Phi) is 5.61. The van der Waals surface area contributed by atoms with Gasteiger partial charge in [0.15, 0.2) is 0 Å². The zero-order valence-electron chi connectivity index (χ0n) is 9.76. The maximum absolute atomic E-state index is 3.54. The van der Waals surface area contributed by atoms with Crippen molar-refractivity contribution in [1.29, 1.82) is 0 Å². The van der Waals surface area contributed by atoms with E-state index in [0.29, 0.717) is 12.0 Å². The summed E-state index contributed by atoms with van der Waals surface area (Å²) in [5.41, 5.74) is 1.43. The highest BCUT2D eigenvalue weighted by Gasteiger charge is 2.15. The van der Waals surface area contributed by atoms with E-state index >= 15 is 0 Å². The molecule has 2 heteroatoms. The van der Waals surface area contributed by atoms with Gasteiger partial charge in [0.2, 0.25) is 0 Å². The summed E-state index contributed by atoms with van der Waals surface area (Å²) >= 11 is 2.35. The van der Waals surface area contributed by atoms with Crippen LogP contribution in [0.1, 0.15) is 38.7 Å². The maximum atomic E-state index is 3.54. The molecular weight excluding hydrogens is 297 g/mol. The highest BCUT2D eigenvalue weighted by Crippen LogP contribution is 2.21. The molecular formula is C13H20IN. The predicted octanol–water partition coefficient (Wildman–Crippen LogP) is 3.78. The smallest absolute Gasteiger partial charge is 0.0130 e. The fourth-order valence-electron chi connectivity index (χ4n) is 1.94. The molecule has 1 aromatic carbocycles. The topological polar surface area (TPSA) is 12.0 Å². The Bertz CT molecular complexity index is 281. The number of likely N-dealkylation sites (N-methyl/N-ethyl adjacent to an activating group) is 1. The van der Waals surface area contributed by atoms with Gasteiger partial charge in [-0.3, -0.25) is 0 Å². The highest BCUT2D eigenvalue weighted by molar-refractivity contribution is 14.1. The third-order valence-electron chi connectivity index (χ3n) is 2.91. The van der Waals surface area contributed by atoms with Gasteiger partial charge in [-0.25, -0.2) is 0 Å². The Morgan fingerprint density at radius 2 is 1.80 bits per heavy atom. The van der Waals surface area contributed by atoms with E-state index in [1.807, 2.05) is 0 Å². The van der Waals surface area contributed by atoms with Gasteiger partial charge >= 0.3 is 0 Å². The normalized spacial score (nSPS) is 14.9. The Morgan fingerprint density at radius 1 is 1.20 bits per heavy atom. The second-order valence-electron chi connectivity index (χ2n) is 3.91. The quantitative estimate of drug-likeness (QED) is 0.815. The highest BCUT2D eigenvalue weighted by atomic mass is 127. The first-order chi connectivity index (χ1) is 7.19. The van der Waals surface area contributed by atoms with Crippen molar-refractivity contribution in [2.24, 2.45) is 0 Å². The molecule has 0 radical (unpaired) electrons. The van der Waals surface area contributed by atoms with E-state index in [4.69, 9.17) is 0 Å². The van der Waals surface area contributed by atoms with Gasteiger partial charge in [-0.1, -0.05) is 32.9 Å². The van der Waals surface area contributed by atoms with Crippen molar-refractivity contribution in [2.45, 2.75) is 39.2 Å². The molecule has 0 saturated heterocycles. The second-order valence-corrected chi connectivity index (χ2v) is 5.16. The van der Waals surface area contributed by atoms with Gasteiger partial charge in [-0.2, -0.15) is 0 Å². The van der Waals surface area contributed by atoms with E-state index < -0.39 is 0 Å². The molecule has 1 aromatic rings. The first-order valence-corrected chi connectivity index (χ1v) is 6.75. The zero-order valence-corrected chi connectivity index (χ0v) is 11.9. The average Bonchev–Trinajstić information content (AvgIpc) is 2.26. The molecule has 84 valence electrons. The van der Waals surface area contributed by atoms with Crippen LogP contribution in [-0.2, 0) is 0 Å². The molecule has 0 heterocycles. The first kappa shape index (κ1) is 13.0. The number of hydrogen-bond donors (Lipinski definition) is 1. The van der Waals surface area contributed by atoms with Crippen LogP contribution in [0.4, 0.5) is 0 Å². The van der Waals surface area contributed by atoms with Gasteiger partial charge in [-0.15, -0.1) is 0 Å². The lowest BCUT2D eigenvalue weighted by Gasteiger charge is -2.23. The molecule has 0 aliphatic heterocycles. The average molecular weight is 317 g/mol. The SMILES string of the molecule is CCNC(CC)C(C)c1ccc(I)cc1. The van der Waals surface area contributed by atoms with E-state index in [1.54, 1.807) is 0 Å². The van der Waals surface area contributed by atoms with Crippen LogP contribution in [0, 0.1) is 3.57 Å². The third kappa shape index (κ3) is 3.76. The molecule has 0 aromatic heterocycles. The van der Waals surface area contributed by atoms with E-state index in [-0.39, 0.29) is 0 Å². The minimum absolute atomic E-state index is 0.590. The van der Waals surface area contributed by atoms with Gasteiger partial charge < -0.3 is 5.32 Å². The number of halogens is 1. The van der Waals surface area contributed by atoms with Crippen molar-refractivity contribution < 1.29 is 0 Å². The summed E-state index contributed by atoms with van der Waals surface area (Å²) in [6.45, 7) is 7.77. The van der Waals surface area contributed by atoms with Crippen LogP contribution in [0.2, 0.25) is 0 Å². The lowest BCUT2D eigenvalue weighted by Crippen LogP contribution is -2.32. The number of benzene rings is 1. The number of rotatable bonds is 5. The van der Waals surface area contributed by atoms with Crippen molar-refractivity contribution in [1.82, 2.24) is 5.32 Å². The standard InChI is InChI=1S/C13H20IN/c1-4-13(15-5-2)10(3)11-6-8-12(14)9-7-11/h6-10,13,15H,4-5H2,1-3H3. The Morgan fingerprint density at radius 3 is 2.27 bits per heavy atom. The molecule has 0 aliphatic rings. The summed E-state index contributed by atoms with van der Waals surface area (Å²) in [6, 6.07) is 9.45. The monoisotopic (exact) mass is 317 g/mol. The van der Waals surface area contributed by atoms with Gasteiger partial charge in [0.25, 0.3) is 0 Å². The maximum Gasteiger partial charge on any atom is 0.0130 e. The van der Waals surface area contributed by atoms with Crippen LogP contribution < -0.4 is 5.32 Å². The molecule has 0 spiro atoms. The predicted molar refractivity (Wildman–Crippen MR) is 75.3 cm³/mol. The molecule has 15 heavy (non-hydrogen) atoms. The first-order valence-electron chi connectivity index (χ1n) is 5.67. The van der Waals surface area contributed by atoms with Crippen LogP contribution in [0.5, 0.6) is 0 Å². The Hall–Kier alpha value is -0.0900. The van der Waals surface area contributed by atoms with E-state index in [0.717, 1.165) is 6.54 Å². The van der Waals surface area contributed by atoms with Crippen LogP contribution in [-0.4, -0.2) is 12.6 Å². The van der Waals surface area contributed by atoms with Crippen molar-refractivity contribution >= 4 is 22.6 Å². The summed E-state index contributed by atoms with van der Waals surface area (Å²) in [5, 5.41) is 3.54. The summed E-state index contributed by atoms with van der Waals surface area (Å²) in [4.78, 5) is 0. The van der Waals surface area contributed by atoms with E-state index in [9.17, 15) is 0 Å². The van der Waals surface area contributed by atoms with Crippen molar-refractivity contribution in [2.75, 3.05) is 6.54 Å². The van der Waals surface area contributed by atoms with E-state index in [2.05, 4.69) is 72.9 Å². The lowest BCUT2D eigenvalue weighted by atomic mass is 9.92. The third-order valence-corrected chi connectivity index (χ3v) is 3.62. The molecule has 2 atom stereocenters. The molecule has 1 nitrogen and oxygen atoms in total. The van der Waals surface area contributed by atoms with Crippen LogP contribution in [0.3, 0.4) is 0 Å². The molecule has 1 N–H and O–H groups in total. The largest absolute Gasteiger partial charge is 0.314 e. The van der Waals surface area contributed by atoms with E-state index in [1.165, 1.54) is 15.6 Å². The molecule has 0 aliphatic carbocycles. The Balaban J connectivity index is 2.73. The van der Waals surface area contributed by atoms with Gasteiger partial charge in [0.05, 0.1) is 0 Å². The molecule has 2 unspecified atom stereocenters. The second kappa shape index (κ2) is 6.48. The Labute approximate surface area is 107 Å². The molecule has 1 rings (SSSR count). The number of nitrogens with one attached hydrogen (secondary N) is 1. The lowest BCUT2D eigenvalue weighted by molar-refractivity contribution is 0.449. The van der Waals surface area contributed by atoms with Crippen LogP contribution in [0.15, 0.2) is 24.3 Å². The molecule has 0 saturated carbocycles. The zero-order chi connectivity index (χ0) is 11.3. The van der Waals surface area contributed by atoms with Crippen molar-refractivity contribution in [3.05, 3.63) is 33.4 Å². The fraction of sp³-hybridized carbons (Fsp3) is 0.538. The summed E-state index contributed by atoms with van der Waals surface area (Å²) in [6.07, 6.45) is 1.18.